The number of nitrogens with two attached hydrogens (primary N) is 1. The Morgan fingerprint density at radius 3 is 2.45 bits per heavy atom. The summed E-state index contributed by atoms with van der Waals surface area (Å²) in [5.74, 6) is 0.306. The number of nitrogens with one attached hydrogen (secondary N) is 1. The zero-order valence-corrected chi connectivity index (χ0v) is 12.4. The van der Waals surface area contributed by atoms with E-state index in [0.29, 0.717) is 17.1 Å². The van der Waals surface area contributed by atoms with E-state index in [1.54, 1.807) is 25.1 Å². The summed E-state index contributed by atoms with van der Waals surface area (Å²) in [6, 6.07) is 0.248. The lowest BCUT2D eigenvalue weighted by molar-refractivity contribution is -0.126. The first kappa shape index (κ1) is 14.6. The first-order valence-electron chi connectivity index (χ1n) is 7.29. The van der Waals surface area contributed by atoms with Crippen LogP contribution in [0.5, 0.6) is 0 Å². The fourth-order valence-electron chi connectivity index (χ4n) is 2.96. The normalized spacial score (nSPS) is 22.9. The SMILES string of the molecule is CN(C)C(=O)C1=C/C(=C/N)C(=N)N1C1CCCCCC1. The molecule has 1 aliphatic heterocycles. The molecule has 2 aliphatic rings. The van der Waals surface area contributed by atoms with Gasteiger partial charge < -0.3 is 15.5 Å². The van der Waals surface area contributed by atoms with Gasteiger partial charge in [0.2, 0.25) is 0 Å². The highest BCUT2D eigenvalue weighted by Crippen LogP contribution is 2.31. The molecule has 0 atom stereocenters. The highest BCUT2D eigenvalue weighted by atomic mass is 16.2. The van der Waals surface area contributed by atoms with Crippen molar-refractivity contribution in [3.05, 3.63) is 23.5 Å². The van der Waals surface area contributed by atoms with Crippen LogP contribution in [0.25, 0.3) is 0 Å². The van der Waals surface area contributed by atoms with Crippen molar-refractivity contribution in [2.24, 2.45) is 5.73 Å². The molecule has 1 aliphatic carbocycles. The van der Waals surface area contributed by atoms with Crippen LogP contribution >= 0.6 is 0 Å². The second-order valence-electron chi connectivity index (χ2n) is 5.72. The Kier molecular flexibility index (Phi) is 4.47. The van der Waals surface area contributed by atoms with Crippen molar-refractivity contribution in [1.29, 1.82) is 5.41 Å². The first-order chi connectivity index (χ1) is 9.56. The van der Waals surface area contributed by atoms with Gasteiger partial charge in [-0.2, -0.15) is 0 Å². The fraction of sp³-hybridized carbons (Fsp3) is 0.600. The molecule has 5 heteroatoms. The van der Waals surface area contributed by atoms with Crippen LogP contribution in [0.4, 0.5) is 0 Å². The molecular weight excluding hydrogens is 252 g/mol. The summed E-state index contributed by atoms with van der Waals surface area (Å²) < 4.78 is 0. The number of amidine groups is 1. The molecule has 0 bridgehead atoms. The Bertz CT molecular complexity index is 456. The molecule has 0 aromatic carbocycles. The number of nitrogens with zero attached hydrogens (tertiary/aromatic N) is 2. The van der Waals surface area contributed by atoms with Crippen LogP contribution in [-0.2, 0) is 4.79 Å². The van der Waals surface area contributed by atoms with Crippen LogP contribution in [0.2, 0.25) is 0 Å². The number of rotatable bonds is 2. The van der Waals surface area contributed by atoms with Gasteiger partial charge in [0.15, 0.2) is 0 Å². The molecule has 1 fully saturated rings. The number of hydrogen-bond acceptors (Lipinski definition) is 3. The van der Waals surface area contributed by atoms with Crippen LogP contribution in [-0.4, -0.2) is 41.7 Å². The van der Waals surface area contributed by atoms with Gasteiger partial charge in [-0.1, -0.05) is 25.7 Å². The lowest BCUT2D eigenvalue weighted by Gasteiger charge is -2.31. The average molecular weight is 276 g/mol. The van der Waals surface area contributed by atoms with Crippen molar-refractivity contribution in [2.45, 2.75) is 44.6 Å². The molecule has 0 aromatic rings. The summed E-state index contributed by atoms with van der Waals surface area (Å²) in [7, 11) is 3.48. The number of carbonyl (C=O) groups is 1. The molecule has 0 spiro atoms. The molecule has 2 rings (SSSR count). The maximum Gasteiger partial charge on any atom is 0.270 e. The summed E-state index contributed by atoms with van der Waals surface area (Å²) >= 11 is 0. The van der Waals surface area contributed by atoms with Crippen molar-refractivity contribution in [2.75, 3.05) is 14.1 Å². The lowest BCUT2D eigenvalue weighted by Crippen LogP contribution is -2.41. The molecule has 3 N–H and O–H groups in total. The van der Waals surface area contributed by atoms with Gasteiger partial charge in [0, 0.05) is 31.9 Å². The molecule has 20 heavy (non-hydrogen) atoms. The third kappa shape index (κ3) is 2.71. The highest BCUT2D eigenvalue weighted by molar-refractivity contribution is 6.10. The maximum absolute atomic E-state index is 12.3. The predicted molar refractivity (Wildman–Crippen MR) is 80.1 cm³/mol. The lowest BCUT2D eigenvalue weighted by atomic mass is 10.1. The number of amides is 1. The summed E-state index contributed by atoms with van der Waals surface area (Å²) in [5.41, 5.74) is 6.81. The topological polar surface area (TPSA) is 73.4 Å². The molecule has 5 nitrogen and oxygen atoms in total. The number of likely N-dealkylation sites (N-methyl/N-ethyl adjacent to an activating group) is 1. The minimum atomic E-state index is -0.0594. The molecule has 1 amide bonds. The van der Waals surface area contributed by atoms with E-state index in [4.69, 9.17) is 11.1 Å². The molecular formula is C15H24N4O. The van der Waals surface area contributed by atoms with Crippen molar-refractivity contribution < 1.29 is 4.79 Å². The maximum atomic E-state index is 12.3. The summed E-state index contributed by atoms with van der Waals surface area (Å²) in [4.78, 5) is 15.8. The molecule has 0 radical (unpaired) electrons. The van der Waals surface area contributed by atoms with Crippen molar-refractivity contribution >= 4 is 11.7 Å². The van der Waals surface area contributed by atoms with Crippen LogP contribution in [0, 0.1) is 5.41 Å². The van der Waals surface area contributed by atoms with Gasteiger partial charge in [0.05, 0.1) is 0 Å². The molecule has 0 aromatic heterocycles. The third-order valence-corrected chi connectivity index (χ3v) is 4.06. The molecule has 1 heterocycles. The third-order valence-electron chi connectivity index (χ3n) is 4.06. The van der Waals surface area contributed by atoms with E-state index in [0.717, 1.165) is 12.8 Å². The zero-order chi connectivity index (χ0) is 14.7. The number of carbonyl (C=O) groups excluding carboxylic acids is 1. The van der Waals surface area contributed by atoms with Gasteiger partial charge in [0.25, 0.3) is 5.91 Å². The monoisotopic (exact) mass is 276 g/mol. The van der Waals surface area contributed by atoms with Gasteiger partial charge in [-0.05, 0) is 18.9 Å². The van der Waals surface area contributed by atoms with E-state index in [-0.39, 0.29) is 11.9 Å². The van der Waals surface area contributed by atoms with Gasteiger partial charge >= 0.3 is 0 Å². The van der Waals surface area contributed by atoms with Crippen LogP contribution in [0.15, 0.2) is 23.5 Å². The average Bonchev–Trinajstić information content (AvgIpc) is 2.62. The van der Waals surface area contributed by atoms with E-state index in [2.05, 4.69) is 0 Å². The Morgan fingerprint density at radius 1 is 1.35 bits per heavy atom. The van der Waals surface area contributed by atoms with E-state index in [1.165, 1.54) is 31.9 Å². The van der Waals surface area contributed by atoms with E-state index in [9.17, 15) is 4.79 Å². The molecule has 1 saturated carbocycles. The highest BCUT2D eigenvalue weighted by Gasteiger charge is 2.35. The fourth-order valence-corrected chi connectivity index (χ4v) is 2.96. The Labute approximate surface area is 120 Å². The van der Waals surface area contributed by atoms with Crippen molar-refractivity contribution in [1.82, 2.24) is 9.80 Å². The minimum Gasteiger partial charge on any atom is -0.404 e. The van der Waals surface area contributed by atoms with Gasteiger partial charge in [0.1, 0.15) is 11.5 Å². The van der Waals surface area contributed by atoms with Crippen molar-refractivity contribution in [3.8, 4) is 0 Å². The van der Waals surface area contributed by atoms with Crippen LogP contribution in [0.1, 0.15) is 38.5 Å². The summed E-state index contributed by atoms with van der Waals surface area (Å²) in [5, 5.41) is 8.29. The molecule has 0 unspecified atom stereocenters. The van der Waals surface area contributed by atoms with Gasteiger partial charge in [-0.15, -0.1) is 0 Å². The van der Waals surface area contributed by atoms with Gasteiger partial charge in [-0.25, -0.2) is 0 Å². The van der Waals surface area contributed by atoms with Gasteiger partial charge in [-0.3, -0.25) is 10.2 Å². The number of hydrogen-bond donors (Lipinski definition) is 2. The van der Waals surface area contributed by atoms with E-state index < -0.39 is 0 Å². The largest absolute Gasteiger partial charge is 0.404 e. The zero-order valence-electron chi connectivity index (χ0n) is 12.4. The van der Waals surface area contributed by atoms with Crippen molar-refractivity contribution in [3.63, 3.8) is 0 Å². The standard InChI is InChI=1S/C15H24N4O/c1-18(2)15(20)13-9-11(10-16)14(17)19(13)12-7-5-3-4-6-8-12/h9-10,12,17H,3-8,16H2,1-2H3/b11-10-,17-14?. The first-order valence-corrected chi connectivity index (χ1v) is 7.29. The smallest absolute Gasteiger partial charge is 0.270 e. The summed E-state index contributed by atoms with van der Waals surface area (Å²) in [6.07, 6.45) is 10.1. The van der Waals surface area contributed by atoms with Crippen LogP contribution < -0.4 is 5.73 Å². The second-order valence-corrected chi connectivity index (χ2v) is 5.72. The predicted octanol–water partition coefficient (Wildman–Crippen LogP) is 1.82. The Morgan fingerprint density at radius 2 is 1.95 bits per heavy atom. The Hall–Kier alpha value is -1.78. The second kappa shape index (κ2) is 6.11. The van der Waals surface area contributed by atoms with E-state index in [1.807, 2.05) is 4.90 Å². The van der Waals surface area contributed by atoms with Crippen LogP contribution in [0.3, 0.4) is 0 Å². The quantitative estimate of drug-likeness (QED) is 0.756. The molecule has 110 valence electrons. The Balaban J connectivity index is 2.30. The summed E-state index contributed by atoms with van der Waals surface area (Å²) in [6.45, 7) is 0. The molecule has 0 saturated heterocycles. The van der Waals surface area contributed by atoms with E-state index >= 15 is 0 Å². The minimum absolute atomic E-state index is 0.0594.